The molecule has 13 heavy (non-hydrogen) atoms. The normalized spacial score (nSPS) is 24.2. The number of rotatable bonds is 0. The van der Waals surface area contributed by atoms with Crippen molar-refractivity contribution in [2.75, 3.05) is 0 Å². The molecule has 0 saturated heterocycles. The highest BCUT2D eigenvalue weighted by Gasteiger charge is 2.47. The summed E-state index contributed by atoms with van der Waals surface area (Å²) in [5.41, 5.74) is 0.120. The summed E-state index contributed by atoms with van der Waals surface area (Å²) in [4.78, 5) is 4.32. The van der Waals surface area contributed by atoms with Crippen LogP contribution in [0.15, 0.2) is 5.16 Å². The van der Waals surface area contributed by atoms with E-state index in [1.807, 2.05) is 20.8 Å². The number of hydrogen-bond donors (Lipinski definition) is 0. The average Bonchev–Trinajstić information content (AvgIpc) is 2.28. The van der Waals surface area contributed by atoms with Crippen LogP contribution >= 0.6 is 0 Å². The van der Waals surface area contributed by atoms with Crippen molar-refractivity contribution in [3.05, 3.63) is 0 Å². The second-order valence-electron chi connectivity index (χ2n) is 4.13. The smallest absolute Gasteiger partial charge is 0.382 e. The lowest BCUT2D eigenvalue weighted by Crippen LogP contribution is -2.30. The van der Waals surface area contributed by atoms with Gasteiger partial charge in [0.1, 0.15) is 0 Å². The molecule has 0 spiro atoms. The first-order valence-corrected chi connectivity index (χ1v) is 4.01. The van der Waals surface area contributed by atoms with Crippen molar-refractivity contribution in [3.8, 4) is 0 Å². The van der Waals surface area contributed by atoms with Crippen molar-refractivity contribution >= 4 is 5.71 Å². The molecule has 1 atom stereocenters. The van der Waals surface area contributed by atoms with Gasteiger partial charge >= 0.3 is 6.18 Å². The van der Waals surface area contributed by atoms with Gasteiger partial charge in [-0.25, -0.2) is 0 Å². The van der Waals surface area contributed by atoms with E-state index in [4.69, 9.17) is 0 Å². The summed E-state index contributed by atoms with van der Waals surface area (Å²) in [6.07, 6.45) is -6.20. The Kier molecular flexibility index (Phi) is 2.30. The minimum absolute atomic E-state index is 0.146. The predicted molar refractivity (Wildman–Crippen MR) is 42.4 cm³/mol. The van der Waals surface area contributed by atoms with Gasteiger partial charge in [-0.2, -0.15) is 13.2 Å². The third kappa shape index (κ3) is 2.35. The van der Waals surface area contributed by atoms with Gasteiger partial charge in [0.2, 0.25) is 6.10 Å². The third-order valence-corrected chi connectivity index (χ3v) is 1.90. The number of oxime groups is 1. The molecule has 0 aromatic rings. The van der Waals surface area contributed by atoms with Crippen LogP contribution in [-0.4, -0.2) is 18.0 Å². The molecule has 0 amide bonds. The molecule has 1 aliphatic rings. The van der Waals surface area contributed by atoms with Gasteiger partial charge in [-0.1, -0.05) is 25.9 Å². The fourth-order valence-corrected chi connectivity index (χ4v) is 0.996. The van der Waals surface area contributed by atoms with E-state index in [0.29, 0.717) is 5.71 Å². The van der Waals surface area contributed by atoms with Crippen LogP contribution in [0.25, 0.3) is 0 Å². The molecule has 0 N–H and O–H groups in total. The third-order valence-electron chi connectivity index (χ3n) is 1.90. The molecule has 0 bridgehead atoms. The van der Waals surface area contributed by atoms with E-state index in [2.05, 4.69) is 9.99 Å². The van der Waals surface area contributed by atoms with Gasteiger partial charge in [0.05, 0.1) is 5.71 Å². The summed E-state index contributed by atoms with van der Waals surface area (Å²) >= 11 is 0. The SMILES string of the molecule is CC(C)(C)C1=NOC(C(F)(F)F)C1. The van der Waals surface area contributed by atoms with E-state index in [9.17, 15) is 13.2 Å². The number of hydrogen-bond acceptors (Lipinski definition) is 2. The molecule has 1 unspecified atom stereocenters. The molecule has 0 aromatic carbocycles. The zero-order valence-corrected chi connectivity index (χ0v) is 7.77. The van der Waals surface area contributed by atoms with Crippen LogP contribution in [0.2, 0.25) is 0 Å². The summed E-state index contributed by atoms with van der Waals surface area (Å²) in [7, 11) is 0. The molecule has 0 saturated carbocycles. The molecule has 0 aromatic heterocycles. The first kappa shape index (κ1) is 10.3. The zero-order chi connectivity index (χ0) is 10.3. The highest BCUT2D eigenvalue weighted by atomic mass is 19.4. The zero-order valence-electron chi connectivity index (χ0n) is 7.77. The van der Waals surface area contributed by atoms with Crippen molar-refractivity contribution in [1.29, 1.82) is 0 Å². The molecule has 5 heteroatoms. The van der Waals surface area contributed by atoms with Gasteiger partial charge in [-0.05, 0) is 0 Å². The van der Waals surface area contributed by atoms with Gasteiger partial charge in [0, 0.05) is 11.8 Å². The first-order valence-electron chi connectivity index (χ1n) is 4.01. The van der Waals surface area contributed by atoms with Gasteiger partial charge < -0.3 is 4.84 Å². The summed E-state index contributed by atoms with van der Waals surface area (Å²) in [6.45, 7) is 5.44. The topological polar surface area (TPSA) is 21.6 Å². The van der Waals surface area contributed by atoms with Crippen LogP contribution in [-0.2, 0) is 4.84 Å². The predicted octanol–water partition coefficient (Wildman–Crippen LogP) is 2.74. The molecule has 0 aliphatic carbocycles. The Morgan fingerprint density at radius 3 is 2.08 bits per heavy atom. The van der Waals surface area contributed by atoms with Gasteiger partial charge in [0.25, 0.3) is 0 Å². The van der Waals surface area contributed by atoms with E-state index in [0.717, 1.165) is 0 Å². The second-order valence-corrected chi connectivity index (χ2v) is 4.13. The Labute approximate surface area is 74.7 Å². The lowest BCUT2D eigenvalue weighted by atomic mass is 9.87. The molecule has 0 fully saturated rings. The Hall–Kier alpha value is -0.740. The van der Waals surface area contributed by atoms with Crippen molar-refractivity contribution in [2.45, 2.75) is 39.5 Å². The molecule has 0 radical (unpaired) electrons. The van der Waals surface area contributed by atoms with Gasteiger partial charge in [-0.3, -0.25) is 0 Å². The van der Waals surface area contributed by atoms with Crippen LogP contribution < -0.4 is 0 Å². The number of alkyl halides is 3. The molecular formula is C8H12F3NO. The molecular weight excluding hydrogens is 183 g/mol. The number of halogens is 3. The van der Waals surface area contributed by atoms with E-state index in [1.165, 1.54) is 0 Å². The lowest BCUT2D eigenvalue weighted by Gasteiger charge is -2.17. The largest absolute Gasteiger partial charge is 0.428 e. The Balaban J connectivity index is 2.63. The van der Waals surface area contributed by atoms with Crippen LogP contribution in [0.3, 0.4) is 0 Å². The minimum atomic E-state index is -4.31. The molecule has 1 heterocycles. The maximum Gasteiger partial charge on any atom is 0.428 e. The quantitative estimate of drug-likeness (QED) is 0.582. The van der Waals surface area contributed by atoms with Gasteiger partial charge in [0.15, 0.2) is 0 Å². The summed E-state index contributed by atoms with van der Waals surface area (Å²) in [6, 6.07) is 0. The van der Waals surface area contributed by atoms with Crippen molar-refractivity contribution in [2.24, 2.45) is 10.6 Å². The molecule has 1 rings (SSSR count). The molecule has 76 valence electrons. The fraction of sp³-hybridized carbons (Fsp3) is 0.875. The number of nitrogens with zero attached hydrogens (tertiary/aromatic N) is 1. The second kappa shape index (κ2) is 2.89. The van der Waals surface area contributed by atoms with Crippen LogP contribution in [0.5, 0.6) is 0 Å². The highest BCUT2D eigenvalue weighted by Crippen LogP contribution is 2.33. The summed E-state index contributed by atoms with van der Waals surface area (Å²) in [5.74, 6) is 0. The Morgan fingerprint density at radius 1 is 1.31 bits per heavy atom. The monoisotopic (exact) mass is 195 g/mol. The van der Waals surface area contributed by atoms with Crippen molar-refractivity contribution in [1.82, 2.24) is 0 Å². The van der Waals surface area contributed by atoms with Crippen molar-refractivity contribution < 1.29 is 18.0 Å². The van der Waals surface area contributed by atoms with Crippen LogP contribution in [0.1, 0.15) is 27.2 Å². The minimum Gasteiger partial charge on any atom is -0.382 e. The van der Waals surface area contributed by atoms with Crippen LogP contribution in [0, 0.1) is 5.41 Å². The average molecular weight is 195 g/mol. The molecule has 2 nitrogen and oxygen atoms in total. The Bertz CT molecular complexity index is 227. The van der Waals surface area contributed by atoms with E-state index >= 15 is 0 Å². The standard InChI is InChI=1S/C8H12F3NO/c1-7(2,3)5-4-6(13-12-5)8(9,10)11/h6H,4H2,1-3H3. The maximum atomic E-state index is 12.1. The van der Waals surface area contributed by atoms with Gasteiger partial charge in [-0.15, -0.1) is 0 Å². The Morgan fingerprint density at radius 2 is 1.85 bits per heavy atom. The molecule has 1 aliphatic heterocycles. The lowest BCUT2D eigenvalue weighted by molar-refractivity contribution is -0.212. The highest BCUT2D eigenvalue weighted by molar-refractivity contribution is 5.90. The summed E-state index contributed by atoms with van der Waals surface area (Å²) in [5, 5.41) is 3.45. The van der Waals surface area contributed by atoms with Crippen molar-refractivity contribution in [3.63, 3.8) is 0 Å². The first-order chi connectivity index (χ1) is 5.71. The van der Waals surface area contributed by atoms with E-state index in [-0.39, 0.29) is 11.8 Å². The maximum absolute atomic E-state index is 12.1. The van der Waals surface area contributed by atoms with Crippen LogP contribution in [0.4, 0.5) is 13.2 Å². The van der Waals surface area contributed by atoms with E-state index < -0.39 is 12.3 Å². The summed E-state index contributed by atoms with van der Waals surface area (Å²) < 4.78 is 36.4. The fourth-order valence-electron chi connectivity index (χ4n) is 0.996. The van der Waals surface area contributed by atoms with E-state index in [1.54, 1.807) is 0 Å².